The molecule has 0 saturated carbocycles. The van der Waals surface area contributed by atoms with E-state index in [4.69, 9.17) is 47.6 Å². The van der Waals surface area contributed by atoms with E-state index in [-0.39, 0.29) is 12.2 Å². The molecule has 0 radical (unpaired) electrons. The van der Waals surface area contributed by atoms with Crippen LogP contribution in [-0.2, 0) is 47.4 Å². The summed E-state index contributed by atoms with van der Waals surface area (Å²) in [5, 5.41) is 14.4. The van der Waals surface area contributed by atoms with Gasteiger partial charge in [0, 0.05) is 80.6 Å². The van der Waals surface area contributed by atoms with Crippen molar-refractivity contribution in [2.24, 2.45) is 7.05 Å². The van der Waals surface area contributed by atoms with Gasteiger partial charge < -0.3 is 18.8 Å². The van der Waals surface area contributed by atoms with Crippen molar-refractivity contribution in [2.75, 3.05) is 20.3 Å². The molecule has 1 fully saturated rings. The SMILES string of the molecule is COC(=O)c1c(C)c2c3c(Cl)ccc2n1CCCOc1cc(cc2cc(Cl)ccc12)CCc1cc(nn1C)CSCc1nn(C2CCCCO2)c(C)c1-3. The number of methoxy groups -OCH3 is 1. The molecule has 1 unspecified atom stereocenters. The number of ether oxygens (including phenoxy) is 3. The van der Waals surface area contributed by atoms with E-state index in [0.29, 0.717) is 47.7 Å². The number of benzene rings is 3. The van der Waals surface area contributed by atoms with Gasteiger partial charge >= 0.3 is 5.97 Å². The molecule has 6 aromatic rings. The van der Waals surface area contributed by atoms with Crippen LogP contribution in [0.1, 0.15) is 76.3 Å². The van der Waals surface area contributed by atoms with Crippen LogP contribution in [0.5, 0.6) is 5.75 Å². The monoisotopic (exact) mass is 771 g/mol. The molecule has 3 aromatic heterocycles. The molecule has 276 valence electrons. The van der Waals surface area contributed by atoms with Crippen molar-refractivity contribution < 1.29 is 19.0 Å². The minimum Gasteiger partial charge on any atom is -0.493 e. The van der Waals surface area contributed by atoms with Gasteiger partial charge in [0.1, 0.15) is 17.7 Å². The van der Waals surface area contributed by atoms with Crippen LogP contribution in [0.25, 0.3) is 32.8 Å². The van der Waals surface area contributed by atoms with Crippen molar-refractivity contribution in [1.82, 2.24) is 24.1 Å². The molecule has 0 aliphatic carbocycles. The number of hydrogen-bond donors (Lipinski definition) is 0. The molecule has 9 nitrogen and oxygen atoms in total. The predicted octanol–water partition coefficient (Wildman–Crippen LogP) is 9.80. The highest BCUT2D eigenvalue weighted by Gasteiger charge is 2.30. The Hall–Kier alpha value is -3.96. The highest BCUT2D eigenvalue weighted by Crippen LogP contribution is 2.44. The molecule has 53 heavy (non-hydrogen) atoms. The summed E-state index contributed by atoms with van der Waals surface area (Å²) in [6, 6.07) is 16.4. The molecule has 1 atom stereocenters. The summed E-state index contributed by atoms with van der Waals surface area (Å²) < 4.78 is 24.3. The normalized spacial score (nSPS) is 17.1. The van der Waals surface area contributed by atoms with Crippen LogP contribution in [0.15, 0.2) is 48.5 Å². The second-order valence-electron chi connectivity index (χ2n) is 14.0. The lowest BCUT2D eigenvalue weighted by Gasteiger charge is -2.24. The Balaban J connectivity index is 1.27. The predicted molar refractivity (Wildman–Crippen MR) is 213 cm³/mol. The standard InChI is InChI=1S/C41H43Cl2N5O4S/c1-24-37-34-14-13-32(43)39(37)38-25(2)48(36-8-5-6-16-52-36)45-33(38)23-53-22-29-21-30(46(3)44-29)11-9-26-18-27-20-28(42)10-12-31(27)35(19-26)51-17-7-15-47(34)40(24)41(49)50-4/h10,12-14,18-21,36H,5-9,11,15-17,22-23H2,1-4H3. The van der Waals surface area contributed by atoms with Gasteiger partial charge in [-0.15, -0.1) is 11.8 Å². The summed E-state index contributed by atoms with van der Waals surface area (Å²) in [6.07, 6.45) is 5.22. The second kappa shape index (κ2) is 15.1. The topological polar surface area (TPSA) is 85.3 Å². The van der Waals surface area contributed by atoms with Gasteiger partial charge in [0.2, 0.25) is 0 Å². The maximum Gasteiger partial charge on any atom is 0.354 e. The molecular formula is C41H43Cl2N5O4S. The lowest BCUT2D eigenvalue weighted by Crippen LogP contribution is -2.20. The molecule has 8 rings (SSSR count). The minimum absolute atomic E-state index is 0.138. The van der Waals surface area contributed by atoms with Crippen molar-refractivity contribution in [2.45, 2.75) is 76.7 Å². The average Bonchev–Trinajstić information content (AvgIpc) is 3.77. The molecule has 12 heteroatoms. The largest absolute Gasteiger partial charge is 0.493 e. The van der Waals surface area contributed by atoms with Crippen LogP contribution in [0, 0.1) is 13.8 Å². The number of aryl methyl sites for hydroxylation is 5. The van der Waals surface area contributed by atoms with Gasteiger partial charge in [-0.2, -0.15) is 10.2 Å². The third-order valence-corrected chi connectivity index (χ3v) is 12.1. The van der Waals surface area contributed by atoms with E-state index >= 15 is 0 Å². The number of thioether (sulfide) groups is 1. The molecular weight excluding hydrogens is 729 g/mol. The molecule has 1 saturated heterocycles. The second-order valence-corrected chi connectivity index (χ2v) is 15.8. The van der Waals surface area contributed by atoms with E-state index in [9.17, 15) is 4.79 Å². The quantitative estimate of drug-likeness (QED) is 0.162. The lowest BCUT2D eigenvalue weighted by atomic mass is 9.97. The highest BCUT2D eigenvalue weighted by molar-refractivity contribution is 7.97. The fourth-order valence-corrected chi connectivity index (χ4v) is 9.36. The van der Waals surface area contributed by atoms with E-state index in [1.54, 1.807) is 11.8 Å². The van der Waals surface area contributed by atoms with Crippen molar-refractivity contribution in [1.29, 1.82) is 0 Å². The summed E-state index contributed by atoms with van der Waals surface area (Å²) in [4.78, 5) is 13.5. The first-order chi connectivity index (χ1) is 25.7. The lowest BCUT2D eigenvalue weighted by molar-refractivity contribution is -0.0407. The Bertz CT molecular complexity index is 2360. The van der Waals surface area contributed by atoms with Gasteiger partial charge in [-0.05, 0) is 111 Å². The Morgan fingerprint density at radius 2 is 1.83 bits per heavy atom. The first-order valence-electron chi connectivity index (χ1n) is 18.3. The van der Waals surface area contributed by atoms with E-state index in [0.717, 1.165) is 99.1 Å². The smallest absolute Gasteiger partial charge is 0.354 e. The third-order valence-electron chi connectivity index (χ3n) is 10.6. The van der Waals surface area contributed by atoms with Crippen LogP contribution in [-0.4, -0.2) is 50.4 Å². The first-order valence-corrected chi connectivity index (χ1v) is 20.2. The fraction of sp³-hybridized carbons (Fsp3) is 0.390. The number of fused-ring (bicyclic) bond motifs is 8. The number of esters is 1. The minimum atomic E-state index is -0.389. The molecule has 5 heterocycles. The number of rotatable bonds is 2. The van der Waals surface area contributed by atoms with Crippen LogP contribution in [0.3, 0.4) is 0 Å². The number of carbonyl (C=O) groups excluding carboxylic acids is 1. The van der Waals surface area contributed by atoms with Crippen LogP contribution in [0.2, 0.25) is 10.0 Å². The van der Waals surface area contributed by atoms with Gasteiger partial charge in [-0.1, -0.05) is 29.3 Å². The maximum atomic E-state index is 13.5. The third kappa shape index (κ3) is 6.84. The van der Waals surface area contributed by atoms with Gasteiger partial charge in [-0.3, -0.25) is 4.68 Å². The molecule has 2 aliphatic rings. The molecule has 3 aromatic carbocycles. The Morgan fingerprint density at radius 1 is 0.962 bits per heavy atom. The molecule has 0 amide bonds. The van der Waals surface area contributed by atoms with E-state index < -0.39 is 0 Å². The fourth-order valence-electron chi connectivity index (χ4n) is 8.08. The number of halogens is 2. The molecule has 2 aliphatic heterocycles. The number of hydrogen-bond acceptors (Lipinski definition) is 7. The Labute approximate surface area is 323 Å². The van der Waals surface area contributed by atoms with Crippen LogP contribution < -0.4 is 4.74 Å². The first kappa shape index (κ1) is 36.0. The van der Waals surface area contributed by atoms with Crippen molar-refractivity contribution in [3.8, 4) is 16.9 Å². The van der Waals surface area contributed by atoms with Gasteiger partial charge in [0.25, 0.3) is 0 Å². The van der Waals surface area contributed by atoms with Crippen LogP contribution >= 0.6 is 35.0 Å². The number of carbonyl (C=O) groups is 1. The number of nitrogens with zero attached hydrogens (tertiary/aromatic N) is 5. The van der Waals surface area contributed by atoms with E-state index in [1.165, 1.54) is 18.4 Å². The average molecular weight is 773 g/mol. The van der Waals surface area contributed by atoms with E-state index in [2.05, 4.69) is 29.7 Å². The van der Waals surface area contributed by atoms with Gasteiger partial charge in [0.05, 0.1) is 25.1 Å². The summed E-state index contributed by atoms with van der Waals surface area (Å²) in [7, 11) is 3.45. The Morgan fingerprint density at radius 3 is 2.64 bits per heavy atom. The van der Waals surface area contributed by atoms with Gasteiger partial charge in [-0.25, -0.2) is 9.48 Å². The van der Waals surface area contributed by atoms with Crippen molar-refractivity contribution >= 4 is 62.6 Å². The summed E-state index contributed by atoms with van der Waals surface area (Å²) in [6.45, 7) is 5.79. The summed E-state index contributed by atoms with van der Waals surface area (Å²) in [5.74, 6) is 1.81. The molecule has 0 N–H and O–H groups in total. The van der Waals surface area contributed by atoms with E-state index in [1.807, 2.05) is 53.7 Å². The molecule has 0 spiro atoms. The van der Waals surface area contributed by atoms with Crippen LogP contribution in [0.4, 0.5) is 0 Å². The highest BCUT2D eigenvalue weighted by atomic mass is 35.5. The maximum absolute atomic E-state index is 13.5. The Kier molecular flexibility index (Phi) is 10.2. The number of aromatic nitrogens is 5. The van der Waals surface area contributed by atoms with Gasteiger partial charge in [0.15, 0.2) is 0 Å². The zero-order valence-electron chi connectivity index (χ0n) is 30.5. The molecule has 8 bridgehead atoms. The summed E-state index contributed by atoms with van der Waals surface area (Å²) in [5.41, 5.74) is 9.41. The van der Waals surface area contributed by atoms with Crippen molar-refractivity contribution in [3.63, 3.8) is 0 Å². The zero-order valence-corrected chi connectivity index (χ0v) is 32.8. The summed E-state index contributed by atoms with van der Waals surface area (Å²) >= 11 is 15.4. The van der Waals surface area contributed by atoms with Crippen molar-refractivity contribution in [3.05, 3.63) is 98.2 Å². The zero-order chi connectivity index (χ0) is 36.8.